The molecule has 4 rings (SSSR count). The lowest BCUT2D eigenvalue weighted by molar-refractivity contribution is -0.119. The average molecular weight is 435 g/mol. The molecule has 0 saturated heterocycles. The van der Waals surface area contributed by atoms with Crippen molar-refractivity contribution < 1.29 is 14.0 Å². The molecular formula is C22H18FN5O2S. The third-order valence-corrected chi connectivity index (χ3v) is 5.19. The summed E-state index contributed by atoms with van der Waals surface area (Å²) in [6, 6.07) is 15.1. The number of nitrogens with zero attached hydrogens (tertiary/aromatic N) is 3. The molecule has 0 bridgehead atoms. The minimum Gasteiger partial charge on any atom is -0.352 e. The summed E-state index contributed by atoms with van der Waals surface area (Å²) in [5.74, 6) is -0.797. The smallest absolute Gasteiger partial charge is 0.277 e. The van der Waals surface area contributed by atoms with Crippen LogP contribution in [0.3, 0.4) is 0 Å². The van der Waals surface area contributed by atoms with Gasteiger partial charge >= 0.3 is 0 Å². The Morgan fingerprint density at radius 2 is 1.81 bits per heavy atom. The minimum absolute atomic E-state index is 0.0774. The van der Waals surface area contributed by atoms with Gasteiger partial charge in [0.25, 0.3) is 5.91 Å². The third kappa shape index (κ3) is 5.01. The van der Waals surface area contributed by atoms with Gasteiger partial charge in [-0.25, -0.2) is 14.1 Å². The second-order valence-electron chi connectivity index (χ2n) is 6.72. The molecule has 0 aliphatic rings. The minimum atomic E-state index is -0.382. The van der Waals surface area contributed by atoms with Gasteiger partial charge in [0.1, 0.15) is 5.82 Å². The number of halogens is 1. The number of carbonyl (C=O) groups is 2. The van der Waals surface area contributed by atoms with Crippen LogP contribution in [0.5, 0.6) is 0 Å². The Morgan fingerprint density at radius 3 is 2.52 bits per heavy atom. The average Bonchev–Trinajstić information content (AvgIpc) is 3.43. The van der Waals surface area contributed by atoms with Gasteiger partial charge in [0.05, 0.1) is 11.4 Å². The number of carbonyl (C=O) groups excluding carboxylic acids is 2. The van der Waals surface area contributed by atoms with Crippen LogP contribution in [0.1, 0.15) is 23.0 Å². The second kappa shape index (κ2) is 8.88. The standard InChI is InChI=1S/C22H18FN5O2S/c1-14(29)24-12-15-2-4-16(5-3-15)20-13-31-22(25-20)26-21(30)19-10-11-28(27-19)18-8-6-17(23)7-9-18/h2-11,13H,12H2,1H3,(H,24,29)(H,25,26,30). The summed E-state index contributed by atoms with van der Waals surface area (Å²) < 4.78 is 14.6. The molecule has 2 heterocycles. The molecule has 0 saturated carbocycles. The van der Waals surface area contributed by atoms with Gasteiger partial charge in [0.15, 0.2) is 10.8 Å². The SMILES string of the molecule is CC(=O)NCc1ccc(-c2csc(NC(=O)c3ccn(-c4ccc(F)cc4)n3)n2)cc1. The van der Waals surface area contributed by atoms with Crippen molar-refractivity contribution in [2.24, 2.45) is 0 Å². The number of thiazole rings is 1. The topological polar surface area (TPSA) is 88.9 Å². The summed E-state index contributed by atoms with van der Waals surface area (Å²) >= 11 is 1.31. The van der Waals surface area contributed by atoms with Gasteiger partial charge in [-0.1, -0.05) is 24.3 Å². The molecule has 0 atom stereocenters. The predicted molar refractivity (Wildman–Crippen MR) is 117 cm³/mol. The molecule has 2 amide bonds. The summed E-state index contributed by atoms with van der Waals surface area (Å²) in [5.41, 5.74) is 3.51. The molecule has 4 aromatic rings. The van der Waals surface area contributed by atoms with Crippen LogP contribution in [-0.2, 0) is 11.3 Å². The molecule has 31 heavy (non-hydrogen) atoms. The van der Waals surface area contributed by atoms with Crippen molar-refractivity contribution in [1.82, 2.24) is 20.1 Å². The summed E-state index contributed by atoms with van der Waals surface area (Å²) in [6.07, 6.45) is 1.64. The number of anilines is 1. The maximum Gasteiger partial charge on any atom is 0.277 e. The maximum atomic E-state index is 13.1. The van der Waals surface area contributed by atoms with E-state index in [1.807, 2.05) is 29.6 Å². The second-order valence-corrected chi connectivity index (χ2v) is 7.58. The predicted octanol–water partition coefficient (Wildman–Crippen LogP) is 4.02. The van der Waals surface area contributed by atoms with Crippen LogP contribution in [0, 0.1) is 5.82 Å². The first-order valence-electron chi connectivity index (χ1n) is 9.40. The number of aromatic nitrogens is 3. The summed E-state index contributed by atoms with van der Waals surface area (Å²) in [4.78, 5) is 28.0. The van der Waals surface area contributed by atoms with E-state index in [1.54, 1.807) is 24.4 Å². The normalized spacial score (nSPS) is 10.6. The van der Waals surface area contributed by atoms with E-state index < -0.39 is 0 Å². The molecule has 2 aromatic heterocycles. The summed E-state index contributed by atoms with van der Waals surface area (Å²) in [7, 11) is 0. The molecule has 7 nitrogen and oxygen atoms in total. The van der Waals surface area contributed by atoms with Crippen LogP contribution in [0.15, 0.2) is 66.2 Å². The highest BCUT2D eigenvalue weighted by atomic mass is 32.1. The number of hydrogen-bond donors (Lipinski definition) is 2. The van der Waals surface area contributed by atoms with E-state index in [1.165, 1.54) is 35.1 Å². The largest absolute Gasteiger partial charge is 0.352 e. The van der Waals surface area contributed by atoms with E-state index in [0.717, 1.165) is 16.8 Å². The van der Waals surface area contributed by atoms with Gasteiger partial charge < -0.3 is 5.32 Å². The zero-order valence-corrected chi connectivity index (χ0v) is 17.3. The number of amides is 2. The summed E-state index contributed by atoms with van der Waals surface area (Å²) in [6.45, 7) is 1.95. The van der Waals surface area contributed by atoms with Gasteiger partial charge in [-0.2, -0.15) is 5.10 Å². The van der Waals surface area contributed by atoms with Gasteiger partial charge in [0.2, 0.25) is 5.91 Å². The van der Waals surface area contributed by atoms with Crippen molar-refractivity contribution >= 4 is 28.3 Å². The van der Waals surface area contributed by atoms with Gasteiger partial charge in [0, 0.05) is 30.6 Å². The molecule has 156 valence electrons. The Bertz CT molecular complexity index is 1220. The fraction of sp³-hybridized carbons (Fsp3) is 0.0909. The van der Waals surface area contributed by atoms with E-state index in [9.17, 15) is 14.0 Å². The zero-order valence-electron chi connectivity index (χ0n) is 16.5. The molecule has 0 aliphatic heterocycles. The van der Waals surface area contributed by atoms with Gasteiger partial charge in [-0.3, -0.25) is 14.9 Å². The first kappa shape index (κ1) is 20.4. The quantitative estimate of drug-likeness (QED) is 0.479. The monoisotopic (exact) mass is 435 g/mol. The third-order valence-electron chi connectivity index (χ3n) is 4.43. The Kier molecular flexibility index (Phi) is 5.85. The van der Waals surface area contributed by atoms with Gasteiger partial charge in [-0.15, -0.1) is 11.3 Å². The van der Waals surface area contributed by atoms with E-state index in [0.29, 0.717) is 17.4 Å². The molecule has 0 radical (unpaired) electrons. The number of nitrogens with one attached hydrogen (secondary N) is 2. The summed E-state index contributed by atoms with van der Waals surface area (Å²) in [5, 5.41) is 12.1. The number of benzene rings is 2. The highest BCUT2D eigenvalue weighted by Crippen LogP contribution is 2.25. The Hall–Kier alpha value is -3.85. The molecule has 2 N–H and O–H groups in total. The Morgan fingerprint density at radius 1 is 1.06 bits per heavy atom. The van der Waals surface area contributed by atoms with E-state index in [2.05, 4.69) is 20.7 Å². The van der Waals surface area contributed by atoms with Crippen LogP contribution in [0.4, 0.5) is 9.52 Å². The van der Waals surface area contributed by atoms with Crippen molar-refractivity contribution in [2.75, 3.05) is 5.32 Å². The molecule has 0 fully saturated rings. The molecule has 0 spiro atoms. The fourth-order valence-electron chi connectivity index (χ4n) is 2.83. The van der Waals surface area contributed by atoms with E-state index >= 15 is 0 Å². The van der Waals surface area contributed by atoms with Gasteiger partial charge in [-0.05, 0) is 35.9 Å². The van der Waals surface area contributed by atoms with Crippen molar-refractivity contribution in [3.05, 3.63) is 83.2 Å². The van der Waals surface area contributed by atoms with Crippen LogP contribution in [0.2, 0.25) is 0 Å². The molecule has 9 heteroatoms. The van der Waals surface area contributed by atoms with E-state index in [-0.39, 0.29) is 23.3 Å². The first-order valence-corrected chi connectivity index (χ1v) is 10.3. The molecule has 0 unspecified atom stereocenters. The van der Waals surface area contributed by atoms with Crippen LogP contribution in [-0.4, -0.2) is 26.6 Å². The van der Waals surface area contributed by atoms with Crippen molar-refractivity contribution in [3.8, 4) is 16.9 Å². The molecular weight excluding hydrogens is 417 g/mol. The molecule has 2 aromatic carbocycles. The lowest BCUT2D eigenvalue weighted by atomic mass is 10.1. The lowest BCUT2D eigenvalue weighted by Crippen LogP contribution is -2.18. The maximum absolute atomic E-state index is 13.1. The van der Waals surface area contributed by atoms with Crippen LogP contribution in [0.25, 0.3) is 16.9 Å². The fourth-order valence-corrected chi connectivity index (χ4v) is 3.54. The Labute approximate surface area is 181 Å². The van der Waals surface area contributed by atoms with Crippen molar-refractivity contribution in [1.29, 1.82) is 0 Å². The van der Waals surface area contributed by atoms with Crippen LogP contribution >= 0.6 is 11.3 Å². The first-order chi connectivity index (χ1) is 15.0. The van der Waals surface area contributed by atoms with Crippen molar-refractivity contribution in [2.45, 2.75) is 13.5 Å². The highest BCUT2D eigenvalue weighted by molar-refractivity contribution is 7.14. The Balaban J connectivity index is 1.41. The molecule has 0 aliphatic carbocycles. The number of hydrogen-bond acceptors (Lipinski definition) is 5. The lowest BCUT2D eigenvalue weighted by Gasteiger charge is -2.03. The van der Waals surface area contributed by atoms with E-state index in [4.69, 9.17) is 0 Å². The zero-order chi connectivity index (χ0) is 21.8. The highest BCUT2D eigenvalue weighted by Gasteiger charge is 2.13. The van der Waals surface area contributed by atoms with Crippen molar-refractivity contribution in [3.63, 3.8) is 0 Å². The van der Waals surface area contributed by atoms with Crippen LogP contribution < -0.4 is 10.6 Å². The number of rotatable bonds is 6.